The number of rotatable bonds is 0. The number of H-pyrrole nitrogens is 1. The quantitative estimate of drug-likeness (QED) is 0.610. The van der Waals surface area contributed by atoms with Gasteiger partial charge >= 0.3 is 0 Å². The van der Waals surface area contributed by atoms with Crippen molar-refractivity contribution >= 4 is 10.9 Å². The van der Waals surface area contributed by atoms with E-state index in [-0.39, 0.29) is 11.7 Å². The SMILES string of the molecule is CC1CC(N)(O)Cc2c1[nH]c1c(F)cccc21. The Labute approximate surface area is 98.4 Å². The van der Waals surface area contributed by atoms with E-state index in [0.717, 1.165) is 16.6 Å². The molecule has 2 atom stereocenters. The average molecular weight is 234 g/mol. The Hall–Kier alpha value is -1.39. The molecule has 3 nitrogen and oxygen atoms in total. The summed E-state index contributed by atoms with van der Waals surface area (Å²) in [6.07, 6.45) is 0.866. The normalized spacial score (nSPS) is 28.4. The van der Waals surface area contributed by atoms with E-state index in [1.807, 2.05) is 13.0 Å². The lowest BCUT2D eigenvalue weighted by atomic mass is 9.82. The monoisotopic (exact) mass is 234 g/mol. The Kier molecular flexibility index (Phi) is 2.09. The summed E-state index contributed by atoms with van der Waals surface area (Å²) < 4.78 is 13.7. The van der Waals surface area contributed by atoms with Crippen molar-refractivity contribution < 1.29 is 9.50 Å². The zero-order chi connectivity index (χ0) is 12.2. The van der Waals surface area contributed by atoms with Gasteiger partial charge in [-0.25, -0.2) is 4.39 Å². The van der Waals surface area contributed by atoms with Crippen LogP contribution < -0.4 is 5.73 Å². The van der Waals surface area contributed by atoms with Gasteiger partial charge in [-0.2, -0.15) is 0 Å². The zero-order valence-corrected chi connectivity index (χ0v) is 9.63. The first kappa shape index (κ1) is 10.7. The third kappa shape index (κ3) is 1.56. The molecule has 1 aromatic carbocycles. The van der Waals surface area contributed by atoms with Gasteiger partial charge in [-0.3, -0.25) is 0 Å². The molecule has 4 heteroatoms. The van der Waals surface area contributed by atoms with Crippen molar-refractivity contribution in [2.75, 3.05) is 0 Å². The van der Waals surface area contributed by atoms with Crippen molar-refractivity contribution in [2.45, 2.75) is 31.4 Å². The van der Waals surface area contributed by atoms with E-state index < -0.39 is 5.72 Å². The second-order valence-corrected chi connectivity index (χ2v) is 5.07. The summed E-state index contributed by atoms with van der Waals surface area (Å²) in [5.41, 5.74) is 7.10. The predicted molar refractivity (Wildman–Crippen MR) is 64.1 cm³/mol. The Morgan fingerprint density at radius 1 is 1.53 bits per heavy atom. The third-order valence-corrected chi connectivity index (χ3v) is 3.56. The van der Waals surface area contributed by atoms with Crippen LogP contribution in [0.3, 0.4) is 0 Å². The smallest absolute Gasteiger partial charge is 0.147 e. The largest absolute Gasteiger partial charge is 0.376 e. The summed E-state index contributed by atoms with van der Waals surface area (Å²) in [7, 11) is 0. The van der Waals surface area contributed by atoms with Gasteiger partial charge in [-0.1, -0.05) is 19.1 Å². The molecule has 0 fully saturated rings. The number of nitrogens with two attached hydrogens (primary N) is 1. The lowest BCUT2D eigenvalue weighted by Gasteiger charge is -2.32. The van der Waals surface area contributed by atoms with Gasteiger partial charge in [0.2, 0.25) is 0 Å². The Bertz CT molecular complexity index is 588. The summed E-state index contributed by atoms with van der Waals surface area (Å²) >= 11 is 0. The van der Waals surface area contributed by atoms with Crippen LogP contribution in [0.2, 0.25) is 0 Å². The summed E-state index contributed by atoms with van der Waals surface area (Å²) in [6.45, 7) is 1.99. The number of para-hydroxylation sites is 1. The molecule has 4 N–H and O–H groups in total. The lowest BCUT2D eigenvalue weighted by molar-refractivity contribution is 0.0258. The summed E-state index contributed by atoms with van der Waals surface area (Å²) in [4.78, 5) is 3.13. The minimum Gasteiger partial charge on any atom is -0.376 e. The van der Waals surface area contributed by atoms with Gasteiger partial charge in [0.25, 0.3) is 0 Å². The van der Waals surface area contributed by atoms with Crippen LogP contribution in [-0.2, 0) is 6.42 Å². The van der Waals surface area contributed by atoms with Gasteiger partial charge in [0.05, 0.1) is 5.52 Å². The lowest BCUT2D eigenvalue weighted by Crippen LogP contribution is -2.45. The molecule has 0 amide bonds. The second-order valence-electron chi connectivity index (χ2n) is 5.07. The zero-order valence-electron chi connectivity index (χ0n) is 9.63. The number of halogens is 1. The fraction of sp³-hybridized carbons (Fsp3) is 0.385. The molecule has 3 rings (SSSR count). The van der Waals surface area contributed by atoms with E-state index in [1.165, 1.54) is 6.07 Å². The molecule has 0 aliphatic heterocycles. The van der Waals surface area contributed by atoms with Crippen LogP contribution >= 0.6 is 0 Å². The summed E-state index contributed by atoms with van der Waals surface area (Å²) in [6, 6.07) is 4.98. The molecule has 0 spiro atoms. The summed E-state index contributed by atoms with van der Waals surface area (Å²) in [5, 5.41) is 10.8. The van der Waals surface area contributed by atoms with Crippen LogP contribution in [0.25, 0.3) is 10.9 Å². The van der Waals surface area contributed by atoms with Crippen LogP contribution in [0.5, 0.6) is 0 Å². The topological polar surface area (TPSA) is 62.0 Å². The molecular weight excluding hydrogens is 219 g/mol. The van der Waals surface area contributed by atoms with Gasteiger partial charge in [-0.15, -0.1) is 0 Å². The van der Waals surface area contributed by atoms with Gasteiger partial charge in [0.1, 0.15) is 11.5 Å². The van der Waals surface area contributed by atoms with E-state index in [2.05, 4.69) is 4.98 Å². The molecule has 90 valence electrons. The van der Waals surface area contributed by atoms with Crippen molar-refractivity contribution in [2.24, 2.45) is 5.73 Å². The third-order valence-electron chi connectivity index (χ3n) is 3.56. The predicted octanol–water partition coefficient (Wildman–Crippen LogP) is 2.00. The molecule has 0 saturated carbocycles. The summed E-state index contributed by atoms with van der Waals surface area (Å²) in [5.74, 6) is -0.148. The molecule has 0 saturated heterocycles. The molecule has 1 aromatic heterocycles. The van der Waals surface area contributed by atoms with E-state index in [4.69, 9.17) is 5.73 Å². The first-order valence-electron chi connectivity index (χ1n) is 5.78. The first-order chi connectivity index (χ1) is 7.98. The second kappa shape index (κ2) is 3.31. The van der Waals surface area contributed by atoms with Gasteiger partial charge in [0.15, 0.2) is 0 Å². The highest BCUT2D eigenvalue weighted by Gasteiger charge is 2.34. The van der Waals surface area contributed by atoms with Crippen molar-refractivity contribution in [3.63, 3.8) is 0 Å². The highest BCUT2D eigenvalue weighted by atomic mass is 19.1. The Morgan fingerprint density at radius 3 is 3.06 bits per heavy atom. The molecule has 2 unspecified atom stereocenters. The van der Waals surface area contributed by atoms with Gasteiger partial charge < -0.3 is 15.8 Å². The number of aliphatic hydroxyl groups is 1. The molecule has 17 heavy (non-hydrogen) atoms. The van der Waals surface area contributed by atoms with Crippen LogP contribution in [-0.4, -0.2) is 15.8 Å². The highest BCUT2D eigenvalue weighted by Crippen LogP contribution is 2.38. The molecule has 1 aliphatic carbocycles. The minimum atomic E-state index is -1.19. The maximum absolute atomic E-state index is 13.7. The van der Waals surface area contributed by atoms with E-state index in [0.29, 0.717) is 18.4 Å². The number of hydrogen-bond acceptors (Lipinski definition) is 2. The molecule has 1 aliphatic rings. The van der Waals surface area contributed by atoms with Crippen molar-refractivity contribution in [1.82, 2.24) is 4.98 Å². The fourth-order valence-corrected chi connectivity index (χ4v) is 2.88. The van der Waals surface area contributed by atoms with Crippen molar-refractivity contribution in [3.05, 3.63) is 35.3 Å². The number of fused-ring (bicyclic) bond motifs is 3. The number of benzene rings is 1. The van der Waals surface area contributed by atoms with Crippen LogP contribution in [0.4, 0.5) is 4.39 Å². The van der Waals surface area contributed by atoms with Gasteiger partial charge in [-0.05, 0) is 18.1 Å². The molecular formula is C13H15FN2O. The van der Waals surface area contributed by atoms with Crippen molar-refractivity contribution in [1.29, 1.82) is 0 Å². The van der Waals surface area contributed by atoms with Crippen LogP contribution in [0.15, 0.2) is 18.2 Å². The number of aromatic nitrogens is 1. The number of nitrogens with one attached hydrogen (secondary N) is 1. The Morgan fingerprint density at radius 2 is 2.29 bits per heavy atom. The fourth-order valence-electron chi connectivity index (χ4n) is 2.88. The molecule has 0 radical (unpaired) electrons. The average Bonchev–Trinajstić information content (AvgIpc) is 2.57. The highest BCUT2D eigenvalue weighted by molar-refractivity contribution is 5.85. The molecule has 0 bridgehead atoms. The number of aromatic amines is 1. The number of hydrogen-bond donors (Lipinski definition) is 3. The molecule has 2 aromatic rings. The van der Waals surface area contributed by atoms with Crippen molar-refractivity contribution in [3.8, 4) is 0 Å². The maximum atomic E-state index is 13.7. The minimum absolute atomic E-state index is 0.112. The van der Waals surface area contributed by atoms with E-state index in [1.54, 1.807) is 6.07 Å². The van der Waals surface area contributed by atoms with Gasteiger partial charge in [0, 0.05) is 23.4 Å². The van der Waals surface area contributed by atoms with E-state index >= 15 is 0 Å². The van der Waals surface area contributed by atoms with E-state index in [9.17, 15) is 9.50 Å². The first-order valence-corrected chi connectivity index (χ1v) is 5.78. The van der Waals surface area contributed by atoms with Crippen LogP contribution in [0, 0.1) is 5.82 Å². The van der Waals surface area contributed by atoms with Crippen LogP contribution in [0.1, 0.15) is 30.5 Å². The maximum Gasteiger partial charge on any atom is 0.147 e. The Balaban J connectivity index is 2.29. The standard InChI is InChI=1S/C13H15FN2O/c1-7-5-13(15,17)6-9-8-3-2-4-10(14)12(8)16-11(7)9/h2-4,7,16-17H,5-6,15H2,1H3. The molecule has 1 heterocycles.